The molecule has 9 nitrogen and oxygen atoms in total. The van der Waals surface area contributed by atoms with Crippen LogP contribution in [0.4, 0.5) is 19.0 Å². The highest BCUT2D eigenvalue weighted by Crippen LogP contribution is 2.32. The van der Waals surface area contributed by atoms with Gasteiger partial charge in [0, 0.05) is 39.4 Å². The Kier molecular flexibility index (Phi) is 5.70. The fraction of sp³-hybridized carbons (Fsp3) is 0.333. The molecule has 4 heterocycles. The van der Waals surface area contributed by atoms with Gasteiger partial charge in [-0.3, -0.25) is 4.68 Å². The van der Waals surface area contributed by atoms with E-state index in [2.05, 4.69) is 15.1 Å². The van der Waals surface area contributed by atoms with Crippen LogP contribution >= 0.6 is 0 Å². The lowest BCUT2D eigenvalue weighted by atomic mass is 10.2. The first-order valence-corrected chi connectivity index (χ1v) is 11.6. The molecule has 5 rings (SSSR count). The van der Waals surface area contributed by atoms with Gasteiger partial charge in [0.1, 0.15) is 12.2 Å². The number of halogens is 3. The van der Waals surface area contributed by atoms with Gasteiger partial charge in [0.15, 0.2) is 21.9 Å². The molecule has 1 aromatic carbocycles. The van der Waals surface area contributed by atoms with Crippen molar-refractivity contribution in [2.75, 3.05) is 31.1 Å². The van der Waals surface area contributed by atoms with Gasteiger partial charge in [-0.1, -0.05) is 6.07 Å². The number of benzene rings is 1. The summed E-state index contributed by atoms with van der Waals surface area (Å²) in [6, 6.07) is 4.67. The monoisotopic (exact) mass is 490 g/mol. The summed E-state index contributed by atoms with van der Waals surface area (Å²) in [5, 5.41) is 4.21. The minimum Gasteiger partial charge on any atom is -0.593 e. The van der Waals surface area contributed by atoms with Crippen molar-refractivity contribution < 1.29 is 17.7 Å². The second kappa shape index (κ2) is 8.56. The highest BCUT2D eigenvalue weighted by atomic mass is 32.2. The van der Waals surface area contributed by atoms with Gasteiger partial charge in [0.05, 0.1) is 41.8 Å². The van der Waals surface area contributed by atoms with E-state index in [0.717, 1.165) is 17.7 Å². The summed E-state index contributed by atoms with van der Waals surface area (Å²) in [5.74, 6) is 1.38. The fourth-order valence-electron chi connectivity index (χ4n) is 4.01. The predicted octanol–water partition coefficient (Wildman–Crippen LogP) is 2.63. The molecule has 1 fully saturated rings. The molecule has 1 aliphatic heterocycles. The molecule has 13 heteroatoms. The smallest absolute Gasteiger partial charge is 0.416 e. The molecule has 1 saturated heterocycles. The first-order valence-electron chi connectivity index (χ1n) is 10.5. The first-order chi connectivity index (χ1) is 16.2. The molecule has 34 heavy (non-hydrogen) atoms. The van der Waals surface area contributed by atoms with Crippen molar-refractivity contribution >= 4 is 28.3 Å². The molecule has 0 aliphatic carbocycles. The van der Waals surface area contributed by atoms with E-state index in [1.807, 2.05) is 29.8 Å². The van der Waals surface area contributed by atoms with Gasteiger partial charge in [-0.25, -0.2) is 15.0 Å². The molecule has 0 bridgehead atoms. The third-order valence-corrected chi connectivity index (χ3v) is 7.23. The fourth-order valence-corrected chi connectivity index (χ4v) is 5.23. The van der Waals surface area contributed by atoms with Crippen LogP contribution in [0.25, 0.3) is 22.6 Å². The van der Waals surface area contributed by atoms with E-state index in [1.165, 1.54) is 18.5 Å². The van der Waals surface area contributed by atoms with Crippen LogP contribution in [-0.4, -0.2) is 64.3 Å². The van der Waals surface area contributed by atoms with Crippen LogP contribution in [0.15, 0.2) is 47.9 Å². The van der Waals surface area contributed by atoms with E-state index in [4.69, 9.17) is 4.98 Å². The number of aromatic nitrogens is 6. The summed E-state index contributed by atoms with van der Waals surface area (Å²) in [4.78, 5) is 15.8. The molecule has 0 radical (unpaired) electrons. The normalized spacial score (nSPS) is 16.4. The number of hydrogen-bond acceptors (Lipinski definition) is 7. The van der Waals surface area contributed by atoms with Gasteiger partial charge in [-0.15, -0.1) is 4.31 Å². The predicted molar refractivity (Wildman–Crippen MR) is 120 cm³/mol. The Bertz CT molecular complexity index is 1330. The van der Waals surface area contributed by atoms with Crippen molar-refractivity contribution in [1.82, 2.24) is 33.6 Å². The van der Waals surface area contributed by atoms with E-state index >= 15 is 0 Å². The van der Waals surface area contributed by atoms with E-state index < -0.39 is 23.1 Å². The lowest BCUT2D eigenvalue weighted by molar-refractivity contribution is -0.137. The molecule has 0 saturated carbocycles. The SMILES string of the molecule is Cn1cc(-c2nc3c(N4CCN([S@+]([O-])c5cccc(C(F)(F)F)c5)CC4)ncnc3n2C)cn1. The van der Waals surface area contributed by atoms with Crippen molar-refractivity contribution in [2.24, 2.45) is 14.1 Å². The minimum absolute atomic E-state index is 0.138. The summed E-state index contributed by atoms with van der Waals surface area (Å²) in [6.07, 6.45) is 0.612. The molecule has 1 aliphatic rings. The summed E-state index contributed by atoms with van der Waals surface area (Å²) >= 11 is -1.69. The van der Waals surface area contributed by atoms with Gasteiger partial charge >= 0.3 is 6.18 Å². The molecule has 4 aromatic rings. The highest BCUT2D eigenvalue weighted by Gasteiger charge is 2.34. The van der Waals surface area contributed by atoms with Crippen LogP contribution < -0.4 is 4.90 Å². The molecule has 0 N–H and O–H groups in total. The molecule has 0 amide bonds. The summed E-state index contributed by atoms with van der Waals surface area (Å²) in [6.45, 7) is 1.79. The maximum absolute atomic E-state index is 13.0. The molecule has 0 spiro atoms. The van der Waals surface area contributed by atoms with Gasteiger partial charge in [0.25, 0.3) is 0 Å². The number of nitrogens with zero attached hydrogens (tertiary/aromatic N) is 8. The summed E-state index contributed by atoms with van der Waals surface area (Å²) in [7, 11) is 3.71. The Morgan fingerprint density at radius 2 is 1.82 bits per heavy atom. The van der Waals surface area contributed by atoms with Crippen LogP contribution in [0, 0.1) is 0 Å². The average molecular weight is 491 g/mol. The Morgan fingerprint density at radius 3 is 2.50 bits per heavy atom. The number of piperazine rings is 1. The number of hydrogen-bond donors (Lipinski definition) is 0. The van der Waals surface area contributed by atoms with Gasteiger partial charge < -0.3 is 14.0 Å². The van der Waals surface area contributed by atoms with Gasteiger partial charge in [-0.2, -0.15) is 18.3 Å². The van der Waals surface area contributed by atoms with Crippen LogP contribution in [0.1, 0.15) is 5.56 Å². The van der Waals surface area contributed by atoms with E-state index in [9.17, 15) is 17.7 Å². The summed E-state index contributed by atoms with van der Waals surface area (Å²) < 4.78 is 57.3. The van der Waals surface area contributed by atoms with E-state index in [-0.39, 0.29) is 4.90 Å². The van der Waals surface area contributed by atoms with Gasteiger partial charge in [-0.05, 0) is 12.1 Å². The molecule has 0 unspecified atom stereocenters. The number of fused-ring (bicyclic) bond motifs is 1. The lowest BCUT2D eigenvalue weighted by Crippen LogP contribution is -2.49. The Balaban J connectivity index is 1.35. The number of imidazole rings is 1. The second-order valence-corrected chi connectivity index (χ2v) is 9.44. The molecular formula is C21H21F3N8OS. The standard InChI is InChI=1S/C21H21F3N8OS/c1-29-12-14(11-27-29)18-28-17-19(30(18)2)25-13-26-20(17)31-6-8-32(9-7-31)34(33)16-5-3-4-15(10-16)21(22,23)24/h3-5,10-13H,6-9H2,1-2H3/t34-/m1/s1. The second-order valence-electron chi connectivity index (χ2n) is 7.96. The maximum atomic E-state index is 13.0. The van der Waals surface area contributed by atoms with Crippen LogP contribution in [-0.2, 0) is 31.6 Å². The first kappa shape index (κ1) is 22.6. The molecule has 178 valence electrons. The Labute approximate surface area is 196 Å². The van der Waals surface area contributed by atoms with Crippen LogP contribution in [0.5, 0.6) is 0 Å². The van der Waals surface area contributed by atoms with Crippen LogP contribution in [0.2, 0.25) is 0 Å². The number of alkyl halides is 3. The average Bonchev–Trinajstić information content (AvgIpc) is 3.41. The molecule has 3 aromatic heterocycles. The van der Waals surface area contributed by atoms with E-state index in [0.29, 0.717) is 49.0 Å². The van der Waals surface area contributed by atoms with Crippen LogP contribution in [0.3, 0.4) is 0 Å². The third-order valence-electron chi connectivity index (χ3n) is 5.74. The molecular weight excluding hydrogens is 469 g/mol. The Hall–Kier alpha value is -3.16. The summed E-state index contributed by atoms with van der Waals surface area (Å²) in [5.41, 5.74) is 1.38. The highest BCUT2D eigenvalue weighted by molar-refractivity contribution is 7.89. The number of anilines is 1. The quantitative estimate of drug-likeness (QED) is 0.406. The maximum Gasteiger partial charge on any atom is 0.416 e. The molecule has 1 atom stereocenters. The lowest BCUT2D eigenvalue weighted by Gasteiger charge is -2.34. The Morgan fingerprint density at radius 1 is 1.06 bits per heavy atom. The topological polar surface area (TPSA) is 91.0 Å². The van der Waals surface area contributed by atoms with Crippen molar-refractivity contribution in [1.29, 1.82) is 0 Å². The van der Waals surface area contributed by atoms with Crippen molar-refractivity contribution in [3.8, 4) is 11.4 Å². The van der Waals surface area contributed by atoms with E-state index in [1.54, 1.807) is 15.2 Å². The number of rotatable bonds is 4. The zero-order valence-electron chi connectivity index (χ0n) is 18.4. The van der Waals surface area contributed by atoms with Crippen molar-refractivity contribution in [2.45, 2.75) is 11.1 Å². The minimum atomic E-state index is -4.48. The van der Waals surface area contributed by atoms with Crippen molar-refractivity contribution in [3.05, 3.63) is 48.5 Å². The zero-order valence-corrected chi connectivity index (χ0v) is 19.2. The number of aryl methyl sites for hydroxylation is 2. The van der Waals surface area contributed by atoms with Gasteiger partial charge in [0.2, 0.25) is 0 Å². The van der Waals surface area contributed by atoms with Crippen molar-refractivity contribution in [3.63, 3.8) is 0 Å². The largest absolute Gasteiger partial charge is 0.593 e. The zero-order chi connectivity index (χ0) is 24.0. The third kappa shape index (κ3) is 4.10.